The van der Waals surface area contributed by atoms with Gasteiger partial charge in [-0.1, -0.05) is 6.07 Å². The van der Waals surface area contributed by atoms with Gasteiger partial charge in [0.15, 0.2) is 0 Å². The molecule has 2 aromatic rings. The first-order valence-electron chi connectivity index (χ1n) is 8.84. The number of halogens is 4. The minimum atomic E-state index is -4.58. The Morgan fingerprint density at radius 3 is 2.82 bits per heavy atom. The van der Waals surface area contributed by atoms with Crippen LogP contribution in [0.25, 0.3) is 0 Å². The summed E-state index contributed by atoms with van der Waals surface area (Å²) in [7, 11) is 0. The quantitative estimate of drug-likeness (QED) is 0.795. The smallest absolute Gasteiger partial charge is 0.322 e. The van der Waals surface area contributed by atoms with Crippen LogP contribution in [0.15, 0.2) is 36.5 Å². The highest BCUT2D eigenvalue weighted by atomic mass is 35.5. The Morgan fingerprint density at radius 2 is 2.04 bits per heavy atom. The van der Waals surface area contributed by atoms with Crippen LogP contribution in [-0.2, 0) is 12.6 Å². The third kappa shape index (κ3) is 4.14. The molecule has 5 nitrogen and oxygen atoms in total. The van der Waals surface area contributed by atoms with Gasteiger partial charge in [0.1, 0.15) is 5.69 Å². The molecule has 9 heteroatoms. The van der Waals surface area contributed by atoms with Gasteiger partial charge in [-0.25, -0.2) is 0 Å². The number of carbonyl (C=O) groups is 1. The van der Waals surface area contributed by atoms with E-state index in [-0.39, 0.29) is 18.0 Å². The summed E-state index contributed by atoms with van der Waals surface area (Å²) in [4.78, 5) is 18.1. The summed E-state index contributed by atoms with van der Waals surface area (Å²) in [5.74, 6) is -0.584. The summed E-state index contributed by atoms with van der Waals surface area (Å²) < 4.78 is 38.3. The lowest BCUT2D eigenvalue weighted by atomic mass is 9.91. The zero-order chi connectivity index (χ0) is 19.0. The first kappa shape index (κ1) is 20.6. The van der Waals surface area contributed by atoms with Gasteiger partial charge in [0.05, 0.1) is 0 Å². The molecule has 0 saturated carbocycles. The van der Waals surface area contributed by atoms with Gasteiger partial charge in [-0.05, 0) is 41.8 Å². The minimum absolute atomic E-state index is 0. The van der Waals surface area contributed by atoms with Gasteiger partial charge in [0.2, 0.25) is 0 Å². The molecule has 2 aliphatic rings. The molecule has 0 spiro atoms. The topological polar surface area (TPSA) is 57.3 Å². The Labute approximate surface area is 166 Å². The highest BCUT2D eigenvalue weighted by molar-refractivity contribution is 6.04. The van der Waals surface area contributed by atoms with Gasteiger partial charge < -0.3 is 10.6 Å². The Hall–Kier alpha value is -2.16. The molecular formula is C19H20ClF3N4O. The molecule has 1 atom stereocenters. The lowest BCUT2D eigenvalue weighted by Crippen LogP contribution is -2.48. The Morgan fingerprint density at radius 1 is 1.21 bits per heavy atom. The molecule has 1 aromatic carbocycles. The molecule has 0 unspecified atom stereocenters. The summed E-state index contributed by atoms with van der Waals surface area (Å²) in [5.41, 5.74) is 1.85. The summed E-state index contributed by atoms with van der Waals surface area (Å²) in [5, 5.41) is 6.10. The molecule has 4 rings (SSSR count). The number of piperazine rings is 1. The zero-order valence-corrected chi connectivity index (χ0v) is 15.7. The van der Waals surface area contributed by atoms with Crippen molar-refractivity contribution in [3.05, 3.63) is 58.9 Å². The van der Waals surface area contributed by atoms with E-state index in [4.69, 9.17) is 0 Å². The molecular weight excluding hydrogens is 393 g/mol. The molecule has 2 aliphatic heterocycles. The summed E-state index contributed by atoms with van der Waals surface area (Å²) in [6.45, 7) is 3.88. The van der Waals surface area contributed by atoms with Crippen LogP contribution >= 0.6 is 12.4 Å². The predicted octanol–water partition coefficient (Wildman–Crippen LogP) is 3.28. The molecule has 150 valence electrons. The number of amides is 1. The van der Waals surface area contributed by atoms with Crippen molar-refractivity contribution < 1.29 is 18.0 Å². The maximum Gasteiger partial charge on any atom is 0.433 e. The van der Waals surface area contributed by atoms with Crippen molar-refractivity contribution in [3.63, 3.8) is 0 Å². The fourth-order valence-corrected chi connectivity index (χ4v) is 3.74. The third-order valence-electron chi connectivity index (χ3n) is 5.10. The minimum Gasteiger partial charge on any atom is -0.322 e. The maximum absolute atomic E-state index is 12.8. The monoisotopic (exact) mass is 412 g/mol. The van der Waals surface area contributed by atoms with Crippen LogP contribution < -0.4 is 10.6 Å². The van der Waals surface area contributed by atoms with Gasteiger partial charge in [0, 0.05) is 49.7 Å². The molecule has 3 heterocycles. The molecule has 0 radical (unpaired) electrons. The van der Waals surface area contributed by atoms with Crippen molar-refractivity contribution in [1.29, 1.82) is 0 Å². The van der Waals surface area contributed by atoms with E-state index >= 15 is 0 Å². The van der Waals surface area contributed by atoms with Crippen LogP contribution in [-0.4, -0.2) is 42.0 Å². The number of rotatable bonds is 2. The summed E-state index contributed by atoms with van der Waals surface area (Å²) in [6.07, 6.45) is -2.69. The molecule has 1 saturated heterocycles. The maximum atomic E-state index is 12.8. The van der Waals surface area contributed by atoms with Gasteiger partial charge in [0.25, 0.3) is 5.91 Å². The van der Waals surface area contributed by atoms with E-state index in [2.05, 4.69) is 20.5 Å². The first-order chi connectivity index (χ1) is 12.9. The third-order valence-corrected chi connectivity index (χ3v) is 5.10. The van der Waals surface area contributed by atoms with Crippen LogP contribution in [0.2, 0.25) is 0 Å². The van der Waals surface area contributed by atoms with E-state index in [1.54, 1.807) is 6.07 Å². The van der Waals surface area contributed by atoms with E-state index in [0.717, 1.165) is 44.9 Å². The van der Waals surface area contributed by atoms with Crippen molar-refractivity contribution in [2.45, 2.75) is 18.6 Å². The number of nitrogens with zero attached hydrogens (tertiary/aromatic N) is 2. The van der Waals surface area contributed by atoms with Crippen LogP contribution in [0.3, 0.4) is 0 Å². The first-order valence-corrected chi connectivity index (χ1v) is 8.84. The van der Waals surface area contributed by atoms with E-state index in [1.807, 2.05) is 12.1 Å². The molecule has 0 aliphatic carbocycles. The SMILES string of the molecule is Cl.O=C(Nc1ccc2c(c1)CCN1CCNC[C@@H]21)c1ccnc(C(F)(F)F)c1. The van der Waals surface area contributed by atoms with Crippen LogP contribution in [0.1, 0.15) is 33.2 Å². The number of benzene rings is 1. The van der Waals surface area contributed by atoms with Crippen molar-refractivity contribution >= 4 is 24.0 Å². The van der Waals surface area contributed by atoms with Crippen LogP contribution in [0.4, 0.5) is 18.9 Å². The highest BCUT2D eigenvalue weighted by Gasteiger charge is 2.33. The fourth-order valence-electron chi connectivity index (χ4n) is 3.74. The number of alkyl halides is 3. The lowest BCUT2D eigenvalue weighted by molar-refractivity contribution is -0.141. The Kier molecular flexibility index (Phi) is 5.92. The van der Waals surface area contributed by atoms with E-state index in [0.29, 0.717) is 11.7 Å². The van der Waals surface area contributed by atoms with Crippen LogP contribution in [0.5, 0.6) is 0 Å². The second-order valence-electron chi connectivity index (χ2n) is 6.80. The molecule has 1 fully saturated rings. The normalized spacial score (nSPS) is 19.2. The van der Waals surface area contributed by atoms with Crippen molar-refractivity contribution in [1.82, 2.24) is 15.2 Å². The highest BCUT2D eigenvalue weighted by Crippen LogP contribution is 2.32. The van der Waals surface area contributed by atoms with E-state index in [9.17, 15) is 18.0 Å². The Bertz CT molecular complexity index is 874. The molecule has 0 bridgehead atoms. The zero-order valence-electron chi connectivity index (χ0n) is 14.9. The van der Waals surface area contributed by atoms with Gasteiger partial charge in [-0.3, -0.25) is 14.7 Å². The number of nitrogens with one attached hydrogen (secondary N) is 2. The van der Waals surface area contributed by atoms with Crippen molar-refractivity contribution in [2.24, 2.45) is 0 Å². The second-order valence-corrected chi connectivity index (χ2v) is 6.80. The number of fused-ring (bicyclic) bond motifs is 3. The van der Waals surface area contributed by atoms with Crippen molar-refractivity contribution in [3.8, 4) is 0 Å². The number of hydrogen-bond acceptors (Lipinski definition) is 4. The lowest BCUT2D eigenvalue weighted by Gasteiger charge is -2.41. The average molecular weight is 413 g/mol. The number of anilines is 1. The Balaban J connectivity index is 0.00000225. The summed E-state index contributed by atoms with van der Waals surface area (Å²) >= 11 is 0. The standard InChI is InChI=1S/C19H19F3N4O.ClH/c20-19(21,22)17-10-13(3-5-24-17)18(27)25-14-1-2-15-12(9-14)4-7-26-8-6-23-11-16(15)26;/h1-3,5,9-10,16,23H,4,6-8,11H2,(H,25,27);1H/t16-;/m0./s1. The summed E-state index contributed by atoms with van der Waals surface area (Å²) in [6, 6.07) is 8.10. The number of aromatic nitrogens is 1. The fraction of sp³-hybridized carbons (Fsp3) is 0.368. The van der Waals surface area contributed by atoms with Crippen molar-refractivity contribution in [2.75, 3.05) is 31.5 Å². The number of carbonyl (C=O) groups excluding carboxylic acids is 1. The molecule has 2 N–H and O–H groups in total. The predicted molar refractivity (Wildman–Crippen MR) is 102 cm³/mol. The second kappa shape index (κ2) is 8.06. The number of pyridine rings is 1. The average Bonchev–Trinajstić information content (AvgIpc) is 2.67. The largest absolute Gasteiger partial charge is 0.433 e. The molecule has 28 heavy (non-hydrogen) atoms. The molecule has 1 aromatic heterocycles. The van der Waals surface area contributed by atoms with Gasteiger partial charge in [-0.2, -0.15) is 13.2 Å². The van der Waals surface area contributed by atoms with Gasteiger partial charge >= 0.3 is 6.18 Å². The van der Waals surface area contributed by atoms with Gasteiger partial charge in [-0.15, -0.1) is 12.4 Å². The van der Waals surface area contributed by atoms with Crippen LogP contribution in [0, 0.1) is 0 Å². The van der Waals surface area contributed by atoms with E-state index in [1.165, 1.54) is 17.2 Å². The number of hydrogen-bond donors (Lipinski definition) is 2. The van der Waals surface area contributed by atoms with E-state index < -0.39 is 17.8 Å². The molecule has 1 amide bonds.